The first-order valence-electron chi connectivity index (χ1n) is 9.81. The molecule has 0 aromatic heterocycles. The summed E-state index contributed by atoms with van der Waals surface area (Å²) in [7, 11) is 0. The molecule has 1 saturated heterocycles. The Bertz CT molecular complexity index is 765. The first-order valence-corrected chi connectivity index (χ1v) is 9.81. The van der Waals surface area contributed by atoms with Crippen LogP contribution in [0.15, 0.2) is 48.5 Å². The zero-order chi connectivity index (χ0) is 19.4. The normalized spacial score (nSPS) is 15.7. The van der Waals surface area contributed by atoms with Gasteiger partial charge in [-0.25, -0.2) is 0 Å². The minimum atomic E-state index is -0.479. The van der Waals surface area contributed by atoms with Gasteiger partial charge in [0, 0.05) is 31.9 Å². The molecule has 1 aliphatic heterocycles. The van der Waals surface area contributed by atoms with E-state index in [-0.39, 0.29) is 5.91 Å². The molecule has 0 aliphatic carbocycles. The fourth-order valence-corrected chi connectivity index (χ4v) is 3.54. The van der Waals surface area contributed by atoms with Crippen molar-refractivity contribution in [3.05, 3.63) is 59.7 Å². The number of hydrogen-bond donors (Lipinski definition) is 0. The van der Waals surface area contributed by atoms with Gasteiger partial charge in [0.25, 0.3) is 5.91 Å². The van der Waals surface area contributed by atoms with Gasteiger partial charge in [-0.2, -0.15) is 0 Å². The predicted molar refractivity (Wildman–Crippen MR) is 111 cm³/mol. The van der Waals surface area contributed by atoms with E-state index in [9.17, 15) is 4.79 Å². The highest BCUT2D eigenvalue weighted by molar-refractivity contribution is 5.81. The molecule has 0 unspecified atom stereocenters. The van der Waals surface area contributed by atoms with E-state index in [1.54, 1.807) is 0 Å². The largest absolute Gasteiger partial charge is 0.481 e. The molecule has 0 saturated carbocycles. The molecule has 3 rings (SSSR count). The van der Waals surface area contributed by atoms with Crippen molar-refractivity contribution in [2.45, 2.75) is 39.7 Å². The van der Waals surface area contributed by atoms with Gasteiger partial charge in [-0.15, -0.1) is 0 Å². The van der Waals surface area contributed by atoms with E-state index < -0.39 is 6.10 Å². The van der Waals surface area contributed by atoms with Crippen LogP contribution in [-0.4, -0.2) is 43.1 Å². The zero-order valence-electron chi connectivity index (χ0n) is 16.8. The molecular formula is C23H30N2O2. The lowest BCUT2D eigenvalue weighted by Crippen LogP contribution is -2.52. The van der Waals surface area contributed by atoms with Gasteiger partial charge >= 0.3 is 0 Å². The Balaban J connectivity index is 1.61. The van der Waals surface area contributed by atoms with Crippen LogP contribution in [0.4, 0.5) is 5.69 Å². The van der Waals surface area contributed by atoms with Crippen molar-refractivity contribution in [2.75, 3.05) is 31.1 Å². The molecule has 1 heterocycles. The van der Waals surface area contributed by atoms with Crippen molar-refractivity contribution in [3.63, 3.8) is 0 Å². The van der Waals surface area contributed by atoms with Crippen LogP contribution >= 0.6 is 0 Å². The molecule has 27 heavy (non-hydrogen) atoms. The van der Waals surface area contributed by atoms with Crippen molar-refractivity contribution < 1.29 is 9.53 Å². The number of hydrogen-bond acceptors (Lipinski definition) is 3. The average Bonchev–Trinajstić information content (AvgIpc) is 2.68. The minimum absolute atomic E-state index is 0.0684. The summed E-state index contributed by atoms with van der Waals surface area (Å²) in [5, 5.41) is 0. The van der Waals surface area contributed by atoms with Crippen molar-refractivity contribution in [2.24, 2.45) is 0 Å². The topological polar surface area (TPSA) is 32.8 Å². The van der Waals surface area contributed by atoms with Crippen LogP contribution in [0.3, 0.4) is 0 Å². The standard InChI is InChI=1S/C23H30N2O2/c1-17(2)21-11-10-18(3)16-22(21)27-19(4)23(26)25-14-12-24(13-15-25)20-8-6-5-7-9-20/h5-11,16-17,19H,12-15H2,1-4H3/t19-/m1/s1. The fourth-order valence-electron chi connectivity index (χ4n) is 3.54. The van der Waals surface area contributed by atoms with Crippen LogP contribution in [0.1, 0.15) is 37.8 Å². The van der Waals surface area contributed by atoms with Crippen LogP contribution < -0.4 is 9.64 Å². The van der Waals surface area contributed by atoms with E-state index >= 15 is 0 Å². The van der Waals surface area contributed by atoms with Crippen LogP contribution in [-0.2, 0) is 4.79 Å². The number of nitrogens with zero attached hydrogens (tertiary/aromatic N) is 2. The van der Waals surface area contributed by atoms with E-state index in [1.165, 1.54) is 5.69 Å². The average molecular weight is 367 g/mol. The van der Waals surface area contributed by atoms with Crippen LogP contribution in [0.25, 0.3) is 0 Å². The molecule has 0 bridgehead atoms. The molecular weight excluding hydrogens is 336 g/mol. The summed E-state index contributed by atoms with van der Waals surface area (Å²) in [6, 6.07) is 16.6. The fraction of sp³-hybridized carbons (Fsp3) is 0.435. The second-order valence-corrected chi connectivity index (χ2v) is 7.60. The van der Waals surface area contributed by atoms with E-state index in [2.05, 4.69) is 55.1 Å². The highest BCUT2D eigenvalue weighted by atomic mass is 16.5. The Kier molecular flexibility index (Phi) is 6.04. The Morgan fingerprint density at radius 2 is 1.63 bits per heavy atom. The third kappa shape index (κ3) is 4.62. The number of rotatable bonds is 5. The number of ether oxygens (including phenoxy) is 1. The van der Waals surface area contributed by atoms with E-state index in [4.69, 9.17) is 4.74 Å². The Morgan fingerprint density at radius 1 is 0.963 bits per heavy atom. The van der Waals surface area contributed by atoms with Crippen molar-refractivity contribution in [1.82, 2.24) is 4.90 Å². The second-order valence-electron chi connectivity index (χ2n) is 7.60. The lowest BCUT2D eigenvalue weighted by molar-refractivity contribution is -0.138. The Labute approximate surface area is 162 Å². The zero-order valence-corrected chi connectivity index (χ0v) is 16.8. The maximum absolute atomic E-state index is 12.9. The lowest BCUT2D eigenvalue weighted by Gasteiger charge is -2.37. The molecule has 0 radical (unpaired) electrons. The molecule has 4 heteroatoms. The van der Waals surface area contributed by atoms with Gasteiger partial charge in [-0.1, -0.05) is 44.2 Å². The van der Waals surface area contributed by atoms with Gasteiger partial charge in [0.2, 0.25) is 0 Å². The van der Waals surface area contributed by atoms with Gasteiger partial charge in [-0.3, -0.25) is 4.79 Å². The summed E-state index contributed by atoms with van der Waals surface area (Å²) in [5.74, 6) is 1.25. The molecule has 1 atom stereocenters. The maximum Gasteiger partial charge on any atom is 0.263 e. The minimum Gasteiger partial charge on any atom is -0.481 e. The SMILES string of the molecule is Cc1ccc(C(C)C)c(O[C@H](C)C(=O)N2CCN(c3ccccc3)CC2)c1. The molecule has 0 spiro atoms. The molecule has 1 fully saturated rings. The van der Waals surface area contributed by atoms with E-state index in [1.807, 2.05) is 30.9 Å². The maximum atomic E-state index is 12.9. The second kappa shape index (κ2) is 8.47. The van der Waals surface area contributed by atoms with Crippen LogP contribution in [0.2, 0.25) is 0 Å². The third-order valence-electron chi connectivity index (χ3n) is 5.16. The summed E-state index contributed by atoms with van der Waals surface area (Å²) < 4.78 is 6.11. The summed E-state index contributed by atoms with van der Waals surface area (Å²) in [6.07, 6.45) is -0.479. The van der Waals surface area contributed by atoms with Crippen LogP contribution in [0, 0.1) is 6.92 Å². The number of amides is 1. The summed E-state index contributed by atoms with van der Waals surface area (Å²) >= 11 is 0. The third-order valence-corrected chi connectivity index (χ3v) is 5.16. The number of benzene rings is 2. The van der Waals surface area contributed by atoms with E-state index in [0.717, 1.165) is 43.1 Å². The van der Waals surface area contributed by atoms with Crippen LogP contribution in [0.5, 0.6) is 5.75 Å². The summed E-state index contributed by atoms with van der Waals surface area (Å²) in [6.45, 7) is 11.4. The van der Waals surface area contributed by atoms with Gasteiger partial charge in [-0.05, 0) is 49.1 Å². The van der Waals surface area contributed by atoms with E-state index in [0.29, 0.717) is 5.92 Å². The summed E-state index contributed by atoms with van der Waals surface area (Å²) in [4.78, 5) is 17.1. The smallest absolute Gasteiger partial charge is 0.263 e. The molecule has 1 amide bonds. The molecule has 0 N–H and O–H groups in total. The first-order chi connectivity index (χ1) is 13.0. The lowest BCUT2D eigenvalue weighted by atomic mass is 10.0. The molecule has 2 aromatic carbocycles. The molecule has 144 valence electrons. The van der Waals surface area contributed by atoms with Crippen molar-refractivity contribution >= 4 is 11.6 Å². The summed E-state index contributed by atoms with van der Waals surface area (Å²) in [5.41, 5.74) is 3.51. The molecule has 1 aliphatic rings. The Hall–Kier alpha value is -2.49. The number of anilines is 1. The highest BCUT2D eigenvalue weighted by Gasteiger charge is 2.26. The number of carbonyl (C=O) groups excluding carboxylic acids is 1. The van der Waals surface area contributed by atoms with Gasteiger partial charge in [0.15, 0.2) is 6.10 Å². The molecule has 4 nitrogen and oxygen atoms in total. The first kappa shape index (κ1) is 19.3. The monoisotopic (exact) mass is 366 g/mol. The predicted octanol–water partition coefficient (Wildman–Crippen LogP) is 4.23. The number of aryl methyl sites for hydroxylation is 1. The van der Waals surface area contributed by atoms with Gasteiger partial charge < -0.3 is 14.5 Å². The number of carbonyl (C=O) groups is 1. The highest BCUT2D eigenvalue weighted by Crippen LogP contribution is 2.28. The molecule has 2 aromatic rings. The van der Waals surface area contributed by atoms with Crippen molar-refractivity contribution in [3.8, 4) is 5.75 Å². The Morgan fingerprint density at radius 3 is 2.26 bits per heavy atom. The van der Waals surface area contributed by atoms with Gasteiger partial charge in [0.1, 0.15) is 5.75 Å². The quantitative estimate of drug-likeness (QED) is 0.794. The van der Waals surface area contributed by atoms with Crippen molar-refractivity contribution in [1.29, 1.82) is 0 Å². The number of para-hydroxylation sites is 1. The van der Waals surface area contributed by atoms with Gasteiger partial charge in [0.05, 0.1) is 0 Å². The number of piperazine rings is 1.